The van der Waals surface area contributed by atoms with Crippen LogP contribution in [0.3, 0.4) is 0 Å². The van der Waals surface area contributed by atoms with Crippen molar-refractivity contribution in [3.63, 3.8) is 0 Å². The fourth-order valence-electron chi connectivity index (χ4n) is 2.87. The quantitative estimate of drug-likeness (QED) is 0.821. The molecule has 1 N–H and O–H groups in total. The van der Waals surface area contributed by atoms with Gasteiger partial charge in [0.15, 0.2) is 5.82 Å². The minimum atomic E-state index is 0.577. The van der Waals surface area contributed by atoms with Crippen molar-refractivity contribution in [3.8, 4) is 0 Å². The fraction of sp³-hybridized carbons (Fsp3) is 0.917. The van der Waals surface area contributed by atoms with E-state index in [4.69, 9.17) is 0 Å². The van der Waals surface area contributed by atoms with Crippen molar-refractivity contribution in [2.24, 2.45) is 5.92 Å². The van der Waals surface area contributed by atoms with E-state index in [0.29, 0.717) is 6.04 Å². The van der Waals surface area contributed by atoms with Crippen LogP contribution in [0.5, 0.6) is 0 Å². The SMILES string of the molecule is CNCC1CCCN(Cc2nnnn2C2CC2)C1. The highest BCUT2D eigenvalue weighted by atomic mass is 15.6. The molecule has 0 spiro atoms. The Morgan fingerprint density at radius 1 is 1.33 bits per heavy atom. The number of nitrogens with zero attached hydrogens (tertiary/aromatic N) is 5. The van der Waals surface area contributed by atoms with Crippen LogP contribution < -0.4 is 5.32 Å². The van der Waals surface area contributed by atoms with Gasteiger partial charge in [-0.05, 0) is 62.2 Å². The van der Waals surface area contributed by atoms with Gasteiger partial charge in [0.1, 0.15) is 0 Å². The second kappa shape index (κ2) is 5.32. The monoisotopic (exact) mass is 250 g/mol. The molecule has 3 rings (SSSR count). The number of piperidine rings is 1. The zero-order valence-electron chi connectivity index (χ0n) is 11.0. The molecular formula is C12H22N6. The molecule has 1 aromatic heterocycles. The van der Waals surface area contributed by atoms with Crippen molar-refractivity contribution in [3.05, 3.63) is 5.82 Å². The molecule has 100 valence electrons. The Kier molecular flexibility index (Phi) is 3.56. The zero-order chi connectivity index (χ0) is 12.4. The Bertz CT molecular complexity index is 384. The van der Waals surface area contributed by atoms with Crippen molar-refractivity contribution in [1.29, 1.82) is 0 Å². The maximum Gasteiger partial charge on any atom is 0.165 e. The van der Waals surface area contributed by atoms with Crippen LogP contribution in [-0.2, 0) is 6.54 Å². The first kappa shape index (κ1) is 12.0. The summed E-state index contributed by atoms with van der Waals surface area (Å²) in [6, 6.07) is 0.577. The minimum Gasteiger partial charge on any atom is -0.319 e. The third-order valence-electron chi connectivity index (χ3n) is 3.91. The van der Waals surface area contributed by atoms with Crippen molar-refractivity contribution in [2.45, 2.75) is 38.3 Å². The molecule has 0 aromatic carbocycles. The molecule has 0 bridgehead atoms. The van der Waals surface area contributed by atoms with Gasteiger partial charge >= 0.3 is 0 Å². The Labute approximate surface area is 108 Å². The van der Waals surface area contributed by atoms with Gasteiger partial charge in [0.2, 0.25) is 0 Å². The molecule has 2 heterocycles. The van der Waals surface area contributed by atoms with Crippen molar-refractivity contribution < 1.29 is 0 Å². The van der Waals surface area contributed by atoms with E-state index < -0.39 is 0 Å². The first-order chi connectivity index (χ1) is 8.86. The third kappa shape index (κ3) is 2.70. The summed E-state index contributed by atoms with van der Waals surface area (Å²) in [6.07, 6.45) is 5.10. The maximum absolute atomic E-state index is 4.19. The molecule has 1 saturated heterocycles. The summed E-state index contributed by atoms with van der Waals surface area (Å²) in [6.45, 7) is 4.36. The van der Waals surface area contributed by atoms with Gasteiger partial charge < -0.3 is 5.32 Å². The molecule has 1 aromatic rings. The highest BCUT2D eigenvalue weighted by molar-refractivity contribution is 4.91. The van der Waals surface area contributed by atoms with E-state index in [1.807, 2.05) is 11.7 Å². The Balaban J connectivity index is 1.59. The summed E-state index contributed by atoms with van der Waals surface area (Å²) in [4.78, 5) is 2.50. The van der Waals surface area contributed by atoms with Crippen LogP contribution in [-0.4, -0.2) is 51.8 Å². The average Bonchev–Trinajstić information content (AvgIpc) is 3.12. The summed E-state index contributed by atoms with van der Waals surface area (Å²) in [5.41, 5.74) is 0. The molecule has 0 radical (unpaired) electrons. The Morgan fingerprint density at radius 2 is 2.22 bits per heavy atom. The smallest absolute Gasteiger partial charge is 0.165 e. The van der Waals surface area contributed by atoms with Gasteiger partial charge in [-0.15, -0.1) is 5.10 Å². The molecule has 2 fully saturated rings. The highest BCUT2D eigenvalue weighted by Gasteiger charge is 2.29. The largest absolute Gasteiger partial charge is 0.319 e. The number of likely N-dealkylation sites (tertiary alicyclic amines) is 1. The van der Waals surface area contributed by atoms with E-state index in [9.17, 15) is 0 Å². The summed E-state index contributed by atoms with van der Waals surface area (Å²) in [7, 11) is 2.03. The number of hydrogen-bond acceptors (Lipinski definition) is 5. The van der Waals surface area contributed by atoms with Gasteiger partial charge in [0, 0.05) is 6.54 Å². The first-order valence-electron chi connectivity index (χ1n) is 7.00. The lowest BCUT2D eigenvalue weighted by Gasteiger charge is -2.32. The van der Waals surface area contributed by atoms with Crippen LogP contribution in [0, 0.1) is 5.92 Å². The van der Waals surface area contributed by atoms with E-state index in [1.165, 1.54) is 38.8 Å². The second-order valence-electron chi connectivity index (χ2n) is 5.57. The minimum absolute atomic E-state index is 0.577. The van der Waals surface area contributed by atoms with Crippen LogP contribution in [0.1, 0.15) is 37.5 Å². The van der Waals surface area contributed by atoms with Crippen LogP contribution in [0.2, 0.25) is 0 Å². The lowest BCUT2D eigenvalue weighted by Crippen LogP contribution is -2.39. The first-order valence-corrected chi connectivity index (χ1v) is 7.00. The summed E-state index contributed by atoms with van der Waals surface area (Å²) in [5, 5.41) is 15.4. The normalized spacial score (nSPS) is 25.5. The van der Waals surface area contributed by atoms with Crippen molar-refractivity contribution >= 4 is 0 Å². The van der Waals surface area contributed by atoms with Gasteiger partial charge in [-0.25, -0.2) is 4.68 Å². The van der Waals surface area contributed by atoms with Crippen LogP contribution in [0.4, 0.5) is 0 Å². The Hall–Kier alpha value is -1.01. The number of aromatic nitrogens is 4. The number of nitrogens with one attached hydrogen (secondary N) is 1. The lowest BCUT2D eigenvalue weighted by atomic mass is 9.98. The topological polar surface area (TPSA) is 58.9 Å². The van der Waals surface area contributed by atoms with E-state index in [-0.39, 0.29) is 0 Å². The molecular weight excluding hydrogens is 228 g/mol. The molecule has 1 unspecified atom stereocenters. The predicted octanol–water partition coefficient (Wildman–Crippen LogP) is 0.439. The van der Waals surface area contributed by atoms with E-state index >= 15 is 0 Å². The fourth-order valence-corrected chi connectivity index (χ4v) is 2.87. The number of hydrogen-bond donors (Lipinski definition) is 1. The average molecular weight is 250 g/mol. The molecule has 6 nitrogen and oxygen atoms in total. The van der Waals surface area contributed by atoms with Crippen LogP contribution in [0.15, 0.2) is 0 Å². The molecule has 0 amide bonds. The van der Waals surface area contributed by atoms with Gasteiger partial charge in [0.25, 0.3) is 0 Å². The van der Waals surface area contributed by atoms with Gasteiger partial charge in [-0.3, -0.25) is 4.90 Å². The second-order valence-corrected chi connectivity index (χ2v) is 5.57. The molecule has 18 heavy (non-hydrogen) atoms. The highest BCUT2D eigenvalue weighted by Crippen LogP contribution is 2.34. The summed E-state index contributed by atoms with van der Waals surface area (Å²) in [5.74, 6) is 1.82. The van der Waals surface area contributed by atoms with Crippen molar-refractivity contribution in [2.75, 3.05) is 26.7 Å². The van der Waals surface area contributed by atoms with Crippen LogP contribution >= 0.6 is 0 Å². The zero-order valence-corrected chi connectivity index (χ0v) is 11.0. The van der Waals surface area contributed by atoms with Crippen molar-refractivity contribution in [1.82, 2.24) is 30.4 Å². The van der Waals surface area contributed by atoms with E-state index in [0.717, 1.165) is 24.8 Å². The molecule has 2 aliphatic rings. The number of rotatable bonds is 5. The molecule has 6 heteroatoms. The predicted molar refractivity (Wildman–Crippen MR) is 68.0 cm³/mol. The van der Waals surface area contributed by atoms with E-state index in [2.05, 4.69) is 25.7 Å². The standard InChI is InChI=1S/C12H22N6/c1-13-7-10-3-2-6-17(8-10)9-12-14-15-16-18(12)11-4-5-11/h10-11,13H,2-9H2,1H3. The number of tetrazole rings is 1. The maximum atomic E-state index is 4.19. The lowest BCUT2D eigenvalue weighted by molar-refractivity contribution is 0.161. The molecule has 1 atom stereocenters. The van der Waals surface area contributed by atoms with Gasteiger partial charge in [0.05, 0.1) is 12.6 Å². The summed E-state index contributed by atoms with van der Waals surface area (Å²) < 4.78 is 2.03. The van der Waals surface area contributed by atoms with Gasteiger partial charge in [-0.2, -0.15) is 0 Å². The van der Waals surface area contributed by atoms with Gasteiger partial charge in [-0.1, -0.05) is 0 Å². The summed E-state index contributed by atoms with van der Waals surface area (Å²) >= 11 is 0. The molecule has 1 aliphatic carbocycles. The van der Waals surface area contributed by atoms with Crippen LogP contribution in [0.25, 0.3) is 0 Å². The third-order valence-corrected chi connectivity index (χ3v) is 3.91. The molecule has 1 saturated carbocycles. The van der Waals surface area contributed by atoms with E-state index in [1.54, 1.807) is 0 Å². The Morgan fingerprint density at radius 3 is 3.00 bits per heavy atom. The molecule has 1 aliphatic heterocycles.